The van der Waals surface area contributed by atoms with Crippen LogP contribution in [0, 0.1) is 22.7 Å². The van der Waals surface area contributed by atoms with Crippen LogP contribution in [-0.2, 0) is 56.5 Å². The van der Waals surface area contributed by atoms with Gasteiger partial charge in [-0.15, -0.1) is 6.58 Å². The topological polar surface area (TPSA) is 195 Å². The molecule has 59 heavy (non-hydrogen) atoms. The second-order valence-electron chi connectivity index (χ2n) is 18.1. The van der Waals surface area contributed by atoms with Crippen molar-refractivity contribution in [3.05, 3.63) is 53.6 Å². The molecule has 0 radical (unpaired) electrons. The Morgan fingerprint density at radius 3 is 2.49 bits per heavy atom. The number of allylic oxidation sites excluding steroid dienone is 1. The van der Waals surface area contributed by atoms with Gasteiger partial charge in [-0.2, -0.15) is 0 Å². The van der Waals surface area contributed by atoms with Gasteiger partial charge in [-0.25, -0.2) is 18.0 Å². The standard InChI is InChI=1S/C43H56N4O11S/c1-5-28-20-43(28,39(51)45-59(54,55)31-15-16-31)21-37(49)35-18-30-23-47(35)38(50)33(42(2,3)4)19-36(48)34(44-40(52)57-29-13-6-7-14-29)25-56-17-9-12-26-10-8-11-27-22-46(24-32(26)27)41(53)58-30/h5,8-12,28-31,33-35H,1,6-7,13-25H2,2-4H3,(H,44,52)(H,45,51)/b12-9+/t28-,30-,33-,34+,35+,43-/m1/s1. The van der Waals surface area contributed by atoms with Crippen molar-refractivity contribution in [1.29, 1.82) is 0 Å². The van der Waals surface area contributed by atoms with Crippen LogP contribution in [0.5, 0.6) is 0 Å². The van der Waals surface area contributed by atoms with E-state index in [2.05, 4.69) is 16.6 Å². The number of carbonyl (C=O) groups excluding carboxylic acids is 6. The van der Waals surface area contributed by atoms with E-state index in [-0.39, 0.29) is 58.1 Å². The van der Waals surface area contributed by atoms with E-state index in [1.54, 1.807) is 31.7 Å². The van der Waals surface area contributed by atoms with Crippen LogP contribution in [0.3, 0.4) is 0 Å². The van der Waals surface area contributed by atoms with E-state index in [1.807, 2.05) is 24.3 Å². The molecule has 320 valence electrons. The average molecular weight is 837 g/mol. The van der Waals surface area contributed by atoms with Crippen molar-refractivity contribution >= 4 is 51.7 Å². The Kier molecular flexibility index (Phi) is 12.1. The summed E-state index contributed by atoms with van der Waals surface area (Å²) in [4.78, 5) is 87.0. The summed E-state index contributed by atoms with van der Waals surface area (Å²) in [6.45, 7) is 9.57. The van der Waals surface area contributed by atoms with Crippen LogP contribution in [-0.4, -0.2) is 103 Å². The van der Waals surface area contributed by atoms with Gasteiger partial charge in [0.1, 0.15) is 18.2 Å². The zero-order valence-corrected chi connectivity index (χ0v) is 34.9. The lowest BCUT2D eigenvalue weighted by Crippen LogP contribution is -2.50. The number of nitrogens with one attached hydrogen (secondary N) is 2. The van der Waals surface area contributed by atoms with Crippen LogP contribution in [0.1, 0.15) is 102 Å². The zero-order valence-electron chi connectivity index (χ0n) is 34.1. The van der Waals surface area contributed by atoms with Crippen molar-refractivity contribution in [3.63, 3.8) is 0 Å². The molecule has 15 nitrogen and oxygen atoms in total. The first kappa shape index (κ1) is 42.6. The molecule has 4 amide bonds. The zero-order chi connectivity index (χ0) is 42.3. The van der Waals surface area contributed by atoms with Crippen LogP contribution >= 0.6 is 0 Å². The molecule has 1 saturated heterocycles. The predicted octanol–water partition coefficient (Wildman–Crippen LogP) is 4.57. The van der Waals surface area contributed by atoms with E-state index in [1.165, 1.54) is 11.0 Å². The Morgan fingerprint density at radius 2 is 1.81 bits per heavy atom. The molecule has 4 bridgehead atoms. The van der Waals surface area contributed by atoms with Crippen LogP contribution in [0.25, 0.3) is 6.08 Å². The Labute approximate surface area is 345 Å². The van der Waals surface area contributed by atoms with Gasteiger partial charge >= 0.3 is 12.2 Å². The van der Waals surface area contributed by atoms with Gasteiger partial charge in [0.2, 0.25) is 21.8 Å². The summed E-state index contributed by atoms with van der Waals surface area (Å²) in [5.41, 5.74) is 0.553. The van der Waals surface area contributed by atoms with Crippen LogP contribution < -0.4 is 10.0 Å². The highest BCUT2D eigenvalue weighted by Crippen LogP contribution is 2.57. The average Bonchev–Trinajstić information content (AvgIpc) is 3.97. The lowest BCUT2D eigenvalue weighted by Gasteiger charge is -2.35. The fourth-order valence-corrected chi connectivity index (χ4v) is 10.4. The van der Waals surface area contributed by atoms with Crippen molar-refractivity contribution in [2.45, 2.75) is 128 Å². The minimum absolute atomic E-state index is 0.0578. The minimum Gasteiger partial charge on any atom is -0.446 e. The Bertz CT molecular complexity index is 2020. The Balaban J connectivity index is 1.18. The summed E-state index contributed by atoms with van der Waals surface area (Å²) in [5.74, 6) is -3.72. The molecule has 3 heterocycles. The number of alkyl carbamates (subject to hydrolysis) is 1. The van der Waals surface area contributed by atoms with Crippen LogP contribution in [0.4, 0.5) is 9.59 Å². The van der Waals surface area contributed by atoms with Gasteiger partial charge in [-0.05, 0) is 73.0 Å². The second kappa shape index (κ2) is 16.8. The molecule has 3 aliphatic carbocycles. The summed E-state index contributed by atoms with van der Waals surface area (Å²) < 4.78 is 45.4. The number of ketones is 2. The molecule has 1 aromatic rings. The predicted molar refractivity (Wildman–Crippen MR) is 215 cm³/mol. The van der Waals surface area contributed by atoms with E-state index in [0.29, 0.717) is 19.4 Å². The van der Waals surface area contributed by atoms with Crippen molar-refractivity contribution in [2.24, 2.45) is 22.7 Å². The number of amides is 4. The Morgan fingerprint density at radius 1 is 1.07 bits per heavy atom. The molecule has 0 aromatic heterocycles. The molecule has 0 unspecified atom stereocenters. The largest absolute Gasteiger partial charge is 0.446 e. The number of Topliss-reactive ketones (excluding diaryl/α,β-unsaturated/α-hetero) is 2. The fraction of sp³-hybridized carbons (Fsp3) is 0.628. The lowest BCUT2D eigenvalue weighted by molar-refractivity contribution is -0.146. The number of carbonyl (C=O) groups is 6. The summed E-state index contributed by atoms with van der Waals surface area (Å²) in [6.07, 6.45) is 6.44. The molecule has 3 aliphatic heterocycles. The number of hydrogen-bond acceptors (Lipinski definition) is 11. The number of fused-ring (bicyclic) bond motifs is 3. The first-order valence-corrected chi connectivity index (χ1v) is 22.4. The van der Waals surface area contributed by atoms with Gasteiger partial charge in [-0.3, -0.25) is 28.8 Å². The highest BCUT2D eigenvalue weighted by atomic mass is 32.2. The number of benzene rings is 1. The highest BCUT2D eigenvalue weighted by Gasteiger charge is 2.61. The normalized spacial score (nSPS) is 29.8. The van der Waals surface area contributed by atoms with Crippen molar-refractivity contribution in [3.8, 4) is 0 Å². The third-order valence-electron chi connectivity index (χ3n) is 12.8. The summed E-state index contributed by atoms with van der Waals surface area (Å²) in [5, 5.41) is 2.05. The van der Waals surface area contributed by atoms with Gasteiger partial charge in [0.05, 0.1) is 43.0 Å². The first-order valence-electron chi connectivity index (χ1n) is 20.8. The van der Waals surface area contributed by atoms with E-state index in [4.69, 9.17) is 14.2 Å². The van der Waals surface area contributed by atoms with Gasteiger partial charge in [0, 0.05) is 31.7 Å². The smallest absolute Gasteiger partial charge is 0.410 e. The second-order valence-corrected chi connectivity index (χ2v) is 20.1. The number of rotatable bonds is 9. The van der Waals surface area contributed by atoms with E-state index >= 15 is 0 Å². The molecular weight excluding hydrogens is 781 g/mol. The maximum absolute atomic E-state index is 14.9. The number of hydrogen-bond donors (Lipinski definition) is 2. The van der Waals surface area contributed by atoms with Gasteiger partial charge in [-0.1, -0.05) is 57.2 Å². The first-order chi connectivity index (χ1) is 28.0. The third-order valence-corrected chi connectivity index (χ3v) is 14.6. The SMILES string of the molecule is C=C[C@@H]1C[C@]1(CC(=O)[C@@H]1C[C@@H]2CN1C(=O)[C@H](C(C)(C)C)CC(=O)[C@@H](NC(=O)OC1CCCC1)COC/C=C/c1cccc3c1CN(C3)C(=O)O2)C(=O)NS(=O)(=O)C1CC1. The lowest BCUT2D eigenvalue weighted by atomic mass is 9.76. The molecule has 16 heteroatoms. The number of sulfonamides is 1. The molecule has 6 atom stereocenters. The van der Waals surface area contributed by atoms with Gasteiger partial charge in [0.15, 0.2) is 11.6 Å². The molecule has 1 aromatic carbocycles. The van der Waals surface area contributed by atoms with Crippen LogP contribution in [0.2, 0.25) is 0 Å². The van der Waals surface area contributed by atoms with Crippen molar-refractivity contribution < 1.29 is 51.4 Å². The van der Waals surface area contributed by atoms with Crippen molar-refractivity contribution in [1.82, 2.24) is 19.8 Å². The Hall–Kier alpha value is -4.57. The summed E-state index contributed by atoms with van der Waals surface area (Å²) in [6, 6.07) is 3.46. The van der Waals surface area contributed by atoms with Crippen LogP contribution in [0.15, 0.2) is 36.9 Å². The van der Waals surface area contributed by atoms with Crippen molar-refractivity contribution in [2.75, 3.05) is 19.8 Å². The summed E-state index contributed by atoms with van der Waals surface area (Å²) >= 11 is 0. The van der Waals surface area contributed by atoms with Gasteiger partial charge < -0.3 is 24.4 Å². The molecule has 4 fully saturated rings. The molecule has 6 aliphatic rings. The summed E-state index contributed by atoms with van der Waals surface area (Å²) in [7, 11) is -3.91. The molecule has 7 rings (SSSR count). The third kappa shape index (κ3) is 9.43. The monoisotopic (exact) mass is 836 g/mol. The van der Waals surface area contributed by atoms with E-state index in [0.717, 1.165) is 42.4 Å². The highest BCUT2D eigenvalue weighted by molar-refractivity contribution is 7.90. The number of ether oxygens (including phenoxy) is 3. The minimum atomic E-state index is -3.91. The fourth-order valence-electron chi connectivity index (χ4n) is 8.98. The molecular formula is C43H56N4O11S. The van der Waals surface area contributed by atoms with E-state index in [9.17, 15) is 37.2 Å². The van der Waals surface area contributed by atoms with Gasteiger partial charge in [0.25, 0.3) is 0 Å². The van der Waals surface area contributed by atoms with E-state index < -0.39 is 91.7 Å². The molecule has 0 spiro atoms. The quantitative estimate of drug-likeness (QED) is 0.331. The molecule has 2 N–H and O–H groups in total. The molecule has 3 saturated carbocycles. The number of nitrogens with zero attached hydrogens (tertiary/aromatic N) is 2. The maximum atomic E-state index is 14.9. The maximum Gasteiger partial charge on any atom is 0.410 e.